The highest BCUT2D eigenvalue weighted by atomic mass is 16.5. The summed E-state index contributed by atoms with van der Waals surface area (Å²) in [5.74, 6) is -0.655. The Morgan fingerprint density at radius 3 is 2.42 bits per heavy atom. The molecule has 2 rings (SSSR count). The summed E-state index contributed by atoms with van der Waals surface area (Å²) in [5.41, 5.74) is 0. The molecule has 106 valence electrons. The third-order valence-electron chi connectivity index (χ3n) is 3.70. The molecule has 0 aromatic rings. The standard InChI is InChI=1S/C13H20N2O4/c1-8-6-10(8)12(17)19-7-11(16)15-13(18)14-9-4-2-3-5-9/h8-10H,2-7H2,1H3,(H2,14,15,16,18)/t8-,10+/m1/s1. The van der Waals surface area contributed by atoms with E-state index in [-0.39, 0.29) is 24.5 Å². The molecule has 0 aromatic carbocycles. The first kappa shape index (κ1) is 13.8. The van der Waals surface area contributed by atoms with Gasteiger partial charge in [0.05, 0.1) is 5.92 Å². The van der Waals surface area contributed by atoms with Crippen molar-refractivity contribution in [3.8, 4) is 0 Å². The second-order valence-corrected chi connectivity index (χ2v) is 5.43. The SMILES string of the molecule is C[C@@H]1C[C@@H]1C(=O)OCC(=O)NC(=O)NC1CCCC1. The molecule has 2 aliphatic rings. The summed E-state index contributed by atoms with van der Waals surface area (Å²) in [5, 5.41) is 4.89. The lowest BCUT2D eigenvalue weighted by molar-refractivity contribution is -0.149. The Hall–Kier alpha value is -1.59. The van der Waals surface area contributed by atoms with Crippen LogP contribution in [-0.2, 0) is 14.3 Å². The van der Waals surface area contributed by atoms with E-state index in [2.05, 4.69) is 10.6 Å². The Bertz CT molecular complexity index is 377. The van der Waals surface area contributed by atoms with Crippen LogP contribution >= 0.6 is 0 Å². The zero-order valence-electron chi connectivity index (χ0n) is 11.1. The van der Waals surface area contributed by atoms with E-state index in [1.54, 1.807) is 0 Å². The van der Waals surface area contributed by atoms with Gasteiger partial charge in [-0.15, -0.1) is 0 Å². The van der Waals surface area contributed by atoms with Crippen molar-refractivity contribution in [3.05, 3.63) is 0 Å². The van der Waals surface area contributed by atoms with Crippen LogP contribution in [0.15, 0.2) is 0 Å². The van der Waals surface area contributed by atoms with Crippen molar-refractivity contribution in [1.82, 2.24) is 10.6 Å². The van der Waals surface area contributed by atoms with Gasteiger partial charge < -0.3 is 10.1 Å². The minimum absolute atomic E-state index is 0.0693. The number of hydrogen-bond donors (Lipinski definition) is 2. The lowest BCUT2D eigenvalue weighted by Gasteiger charge is -2.12. The van der Waals surface area contributed by atoms with Crippen LogP contribution in [0.25, 0.3) is 0 Å². The molecule has 3 amide bonds. The minimum Gasteiger partial charge on any atom is -0.455 e. The first-order valence-electron chi connectivity index (χ1n) is 6.83. The summed E-state index contributed by atoms with van der Waals surface area (Å²) in [6, 6.07) is -0.351. The van der Waals surface area contributed by atoms with Gasteiger partial charge in [0.2, 0.25) is 0 Å². The van der Waals surface area contributed by atoms with Crippen molar-refractivity contribution in [1.29, 1.82) is 0 Å². The Morgan fingerprint density at radius 2 is 1.84 bits per heavy atom. The van der Waals surface area contributed by atoms with Crippen LogP contribution in [0.3, 0.4) is 0 Å². The van der Waals surface area contributed by atoms with E-state index in [1.165, 1.54) is 0 Å². The molecule has 0 heterocycles. The average Bonchev–Trinajstić information content (AvgIpc) is 2.87. The van der Waals surface area contributed by atoms with Crippen molar-refractivity contribution >= 4 is 17.9 Å². The highest BCUT2D eigenvalue weighted by Gasteiger charge is 2.40. The molecule has 0 aromatic heterocycles. The van der Waals surface area contributed by atoms with E-state index in [0.29, 0.717) is 5.92 Å². The van der Waals surface area contributed by atoms with Gasteiger partial charge in [-0.25, -0.2) is 4.79 Å². The molecular weight excluding hydrogens is 248 g/mol. The highest BCUT2D eigenvalue weighted by molar-refractivity contribution is 5.95. The van der Waals surface area contributed by atoms with Gasteiger partial charge in [0.25, 0.3) is 5.91 Å². The van der Waals surface area contributed by atoms with Gasteiger partial charge in [0, 0.05) is 6.04 Å². The van der Waals surface area contributed by atoms with Gasteiger partial charge >= 0.3 is 12.0 Å². The fraction of sp³-hybridized carbons (Fsp3) is 0.769. The Morgan fingerprint density at radius 1 is 1.21 bits per heavy atom. The molecule has 6 nitrogen and oxygen atoms in total. The number of carbonyl (C=O) groups is 3. The van der Waals surface area contributed by atoms with Crippen LogP contribution in [0.2, 0.25) is 0 Å². The van der Waals surface area contributed by atoms with Crippen molar-refractivity contribution < 1.29 is 19.1 Å². The number of ether oxygens (including phenoxy) is 1. The molecule has 0 spiro atoms. The lowest BCUT2D eigenvalue weighted by atomic mass is 10.2. The summed E-state index contributed by atoms with van der Waals surface area (Å²) in [4.78, 5) is 34.3. The monoisotopic (exact) mass is 268 g/mol. The molecule has 2 atom stereocenters. The number of carbonyl (C=O) groups excluding carboxylic acids is 3. The van der Waals surface area contributed by atoms with Crippen LogP contribution in [0.1, 0.15) is 39.0 Å². The fourth-order valence-electron chi connectivity index (χ4n) is 2.35. The normalized spacial score (nSPS) is 25.7. The maximum absolute atomic E-state index is 11.5. The third kappa shape index (κ3) is 4.22. The maximum Gasteiger partial charge on any atom is 0.321 e. The van der Waals surface area contributed by atoms with Crippen LogP contribution in [0.5, 0.6) is 0 Å². The van der Waals surface area contributed by atoms with Crippen molar-refractivity contribution in [2.24, 2.45) is 11.8 Å². The van der Waals surface area contributed by atoms with E-state index in [9.17, 15) is 14.4 Å². The average molecular weight is 268 g/mol. The smallest absolute Gasteiger partial charge is 0.321 e. The van der Waals surface area contributed by atoms with Gasteiger partial charge in [0.15, 0.2) is 6.61 Å². The highest BCUT2D eigenvalue weighted by Crippen LogP contribution is 2.38. The van der Waals surface area contributed by atoms with Gasteiger partial charge in [-0.1, -0.05) is 19.8 Å². The number of amides is 3. The molecule has 0 bridgehead atoms. The molecular formula is C13H20N2O4. The molecule has 2 N–H and O–H groups in total. The number of imide groups is 1. The van der Waals surface area contributed by atoms with Crippen LogP contribution in [0.4, 0.5) is 4.79 Å². The summed E-state index contributed by atoms with van der Waals surface area (Å²) in [7, 11) is 0. The Balaban J connectivity index is 1.60. The molecule has 0 saturated heterocycles. The second-order valence-electron chi connectivity index (χ2n) is 5.43. The molecule has 2 aliphatic carbocycles. The summed E-state index contributed by atoms with van der Waals surface area (Å²) >= 11 is 0. The molecule has 2 saturated carbocycles. The van der Waals surface area contributed by atoms with E-state index in [4.69, 9.17) is 4.74 Å². The molecule has 0 unspecified atom stereocenters. The number of hydrogen-bond acceptors (Lipinski definition) is 4. The molecule has 2 fully saturated rings. The number of nitrogens with one attached hydrogen (secondary N) is 2. The topological polar surface area (TPSA) is 84.5 Å². The van der Waals surface area contributed by atoms with Crippen LogP contribution in [0, 0.1) is 11.8 Å². The first-order valence-corrected chi connectivity index (χ1v) is 6.83. The van der Waals surface area contributed by atoms with Gasteiger partial charge in [-0.3, -0.25) is 14.9 Å². The van der Waals surface area contributed by atoms with E-state index in [0.717, 1.165) is 32.1 Å². The van der Waals surface area contributed by atoms with Gasteiger partial charge in [0.1, 0.15) is 0 Å². The predicted octanol–water partition coefficient (Wildman–Crippen LogP) is 0.954. The number of esters is 1. The van der Waals surface area contributed by atoms with E-state index >= 15 is 0 Å². The quantitative estimate of drug-likeness (QED) is 0.744. The first-order chi connectivity index (χ1) is 9.06. The van der Waals surface area contributed by atoms with Gasteiger partial charge in [-0.05, 0) is 25.2 Å². The lowest BCUT2D eigenvalue weighted by Crippen LogP contribution is -2.45. The van der Waals surface area contributed by atoms with Crippen molar-refractivity contribution in [3.63, 3.8) is 0 Å². The Kier molecular flexibility index (Phi) is 4.39. The van der Waals surface area contributed by atoms with Crippen LogP contribution in [-0.4, -0.2) is 30.6 Å². The molecule has 0 aliphatic heterocycles. The summed E-state index contributed by atoms with van der Waals surface area (Å²) in [6.07, 6.45) is 4.95. The predicted molar refractivity (Wildman–Crippen MR) is 67.2 cm³/mol. The Labute approximate surface area is 112 Å². The third-order valence-corrected chi connectivity index (χ3v) is 3.70. The number of rotatable bonds is 4. The molecule has 0 radical (unpaired) electrons. The molecule has 6 heteroatoms. The number of urea groups is 1. The zero-order chi connectivity index (χ0) is 13.8. The minimum atomic E-state index is -0.586. The van der Waals surface area contributed by atoms with E-state index in [1.807, 2.05) is 6.92 Å². The van der Waals surface area contributed by atoms with Crippen LogP contribution < -0.4 is 10.6 Å². The largest absolute Gasteiger partial charge is 0.455 e. The summed E-state index contributed by atoms with van der Waals surface area (Å²) in [6.45, 7) is 1.57. The second kappa shape index (κ2) is 6.04. The van der Waals surface area contributed by atoms with E-state index < -0.39 is 11.9 Å². The summed E-state index contributed by atoms with van der Waals surface area (Å²) < 4.78 is 4.84. The van der Waals surface area contributed by atoms with Gasteiger partial charge in [-0.2, -0.15) is 0 Å². The van der Waals surface area contributed by atoms with Crippen molar-refractivity contribution in [2.45, 2.75) is 45.1 Å². The maximum atomic E-state index is 11.5. The van der Waals surface area contributed by atoms with Crippen molar-refractivity contribution in [2.75, 3.05) is 6.61 Å². The molecule has 19 heavy (non-hydrogen) atoms. The fourth-order valence-corrected chi connectivity index (χ4v) is 2.35. The zero-order valence-corrected chi connectivity index (χ0v) is 11.1.